The van der Waals surface area contributed by atoms with Crippen molar-refractivity contribution in [3.63, 3.8) is 0 Å². The van der Waals surface area contributed by atoms with Gasteiger partial charge in [-0.1, -0.05) is 6.92 Å². The van der Waals surface area contributed by atoms with Crippen LogP contribution in [0.1, 0.15) is 17.6 Å². The number of anilines is 1. The van der Waals surface area contributed by atoms with Crippen molar-refractivity contribution >= 4 is 33.8 Å². The van der Waals surface area contributed by atoms with Crippen LogP contribution in [0.5, 0.6) is 0 Å². The molecule has 0 bridgehead atoms. The monoisotopic (exact) mass is 290 g/mol. The molecule has 106 valence electrons. The fourth-order valence-corrected chi connectivity index (χ4v) is 3.52. The number of carbonyl (C=O) groups excluding carboxylic acids is 1. The average molecular weight is 290 g/mol. The van der Waals surface area contributed by atoms with E-state index in [0.29, 0.717) is 0 Å². The lowest BCUT2D eigenvalue weighted by Crippen LogP contribution is -2.46. The first kappa shape index (κ1) is 13.3. The van der Waals surface area contributed by atoms with Gasteiger partial charge >= 0.3 is 0 Å². The Morgan fingerprint density at radius 2 is 2.05 bits per heavy atom. The summed E-state index contributed by atoms with van der Waals surface area (Å²) in [5.74, 6) is 1.84. The first-order chi connectivity index (χ1) is 9.71. The molecule has 1 fully saturated rings. The smallest absolute Gasteiger partial charge is 0.209 e. The number of hydrogen-bond acceptors (Lipinski definition) is 5. The van der Waals surface area contributed by atoms with Gasteiger partial charge in [0.1, 0.15) is 16.5 Å². The lowest BCUT2D eigenvalue weighted by Gasteiger charge is -2.33. The van der Waals surface area contributed by atoms with Crippen LogP contribution in [0, 0.1) is 6.92 Å². The fourth-order valence-electron chi connectivity index (χ4n) is 2.51. The van der Waals surface area contributed by atoms with E-state index < -0.39 is 0 Å². The molecule has 5 nitrogen and oxygen atoms in total. The van der Waals surface area contributed by atoms with Crippen molar-refractivity contribution in [3.8, 4) is 0 Å². The molecule has 0 saturated carbocycles. The number of hydrogen-bond donors (Lipinski definition) is 0. The van der Waals surface area contributed by atoms with Gasteiger partial charge < -0.3 is 9.80 Å². The topological polar surface area (TPSA) is 49.3 Å². The third-order valence-corrected chi connectivity index (χ3v) is 4.82. The van der Waals surface area contributed by atoms with Crippen molar-refractivity contribution in [2.45, 2.75) is 20.3 Å². The third kappa shape index (κ3) is 2.35. The Morgan fingerprint density at radius 3 is 2.70 bits per heavy atom. The van der Waals surface area contributed by atoms with Crippen molar-refractivity contribution in [2.75, 3.05) is 31.1 Å². The van der Waals surface area contributed by atoms with Gasteiger partial charge in [-0.25, -0.2) is 9.97 Å². The van der Waals surface area contributed by atoms with Gasteiger partial charge in [0.25, 0.3) is 0 Å². The molecule has 0 unspecified atom stereocenters. The number of piperazine rings is 1. The number of aromatic nitrogens is 2. The van der Waals surface area contributed by atoms with E-state index in [-0.39, 0.29) is 0 Å². The van der Waals surface area contributed by atoms with E-state index in [1.165, 1.54) is 4.88 Å². The van der Waals surface area contributed by atoms with Crippen LogP contribution < -0.4 is 4.90 Å². The molecule has 0 aromatic carbocycles. The minimum atomic E-state index is 0.763. The van der Waals surface area contributed by atoms with Gasteiger partial charge in [0.15, 0.2) is 0 Å². The number of rotatable bonds is 3. The Balaban J connectivity index is 1.98. The first-order valence-electron chi connectivity index (χ1n) is 6.92. The van der Waals surface area contributed by atoms with Crippen LogP contribution in [0.4, 0.5) is 5.82 Å². The minimum absolute atomic E-state index is 0.763. The van der Waals surface area contributed by atoms with Gasteiger partial charge in [0.05, 0.1) is 5.39 Å². The van der Waals surface area contributed by atoms with Crippen molar-refractivity contribution in [1.29, 1.82) is 0 Å². The molecule has 6 heteroatoms. The predicted molar refractivity (Wildman–Crippen MR) is 81.4 cm³/mol. The summed E-state index contributed by atoms with van der Waals surface area (Å²) in [6.07, 6.45) is 1.95. The van der Waals surface area contributed by atoms with Gasteiger partial charge in [-0.15, -0.1) is 11.3 Å². The van der Waals surface area contributed by atoms with Crippen LogP contribution in [0.25, 0.3) is 10.2 Å². The maximum atomic E-state index is 10.8. The molecular formula is C14H18N4OS. The highest BCUT2D eigenvalue weighted by Gasteiger charge is 2.20. The highest BCUT2D eigenvalue weighted by Crippen LogP contribution is 2.31. The standard InChI is InChI=1S/C14H18N4OS/c1-3-11-8-12-13(15-10(2)16-14(12)20-11)18-6-4-17(9-19)5-7-18/h8-9H,3-7H2,1-2H3. The largest absolute Gasteiger partial charge is 0.352 e. The molecule has 3 heterocycles. The van der Waals surface area contributed by atoms with Gasteiger partial charge in [0.2, 0.25) is 6.41 Å². The number of amides is 1. The lowest BCUT2D eigenvalue weighted by molar-refractivity contribution is -0.118. The summed E-state index contributed by atoms with van der Waals surface area (Å²) in [6.45, 7) is 7.30. The Bertz CT molecular complexity index is 631. The Morgan fingerprint density at radius 1 is 1.30 bits per heavy atom. The SMILES string of the molecule is CCc1cc2c(N3CCN(C=O)CC3)nc(C)nc2s1. The molecule has 20 heavy (non-hydrogen) atoms. The first-order valence-corrected chi connectivity index (χ1v) is 7.74. The summed E-state index contributed by atoms with van der Waals surface area (Å²) in [5, 5.41) is 1.15. The molecule has 1 saturated heterocycles. The van der Waals surface area contributed by atoms with Crippen LogP contribution in [-0.2, 0) is 11.2 Å². The third-order valence-electron chi connectivity index (χ3n) is 3.65. The molecule has 1 aliphatic heterocycles. The fraction of sp³-hybridized carbons (Fsp3) is 0.500. The van der Waals surface area contributed by atoms with Crippen LogP contribution >= 0.6 is 11.3 Å². The van der Waals surface area contributed by atoms with Gasteiger partial charge in [-0.2, -0.15) is 0 Å². The van der Waals surface area contributed by atoms with Gasteiger partial charge in [-0.3, -0.25) is 4.79 Å². The van der Waals surface area contributed by atoms with Crippen LogP contribution in [0.2, 0.25) is 0 Å². The normalized spacial score (nSPS) is 15.9. The number of thiophene rings is 1. The van der Waals surface area contributed by atoms with Crippen molar-refractivity contribution in [1.82, 2.24) is 14.9 Å². The molecular weight excluding hydrogens is 272 g/mol. The maximum absolute atomic E-state index is 10.8. The number of nitrogens with zero attached hydrogens (tertiary/aromatic N) is 4. The molecule has 0 aliphatic carbocycles. The number of aryl methyl sites for hydroxylation is 2. The van der Waals surface area contributed by atoms with E-state index in [1.807, 2.05) is 11.8 Å². The van der Waals surface area contributed by atoms with Crippen molar-refractivity contribution in [2.24, 2.45) is 0 Å². The molecule has 2 aromatic rings. The number of fused-ring (bicyclic) bond motifs is 1. The van der Waals surface area contributed by atoms with E-state index in [4.69, 9.17) is 0 Å². The zero-order valence-corrected chi connectivity index (χ0v) is 12.6. The van der Waals surface area contributed by atoms with Crippen molar-refractivity contribution in [3.05, 3.63) is 16.8 Å². The van der Waals surface area contributed by atoms with Crippen LogP contribution in [-0.4, -0.2) is 47.5 Å². The second-order valence-corrected chi connectivity index (χ2v) is 6.12. The molecule has 0 radical (unpaired) electrons. The maximum Gasteiger partial charge on any atom is 0.209 e. The molecule has 0 spiro atoms. The van der Waals surface area contributed by atoms with Gasteiger partial charge in [-0.05, 0) is 19.4 Å². The lowest BCUT2D eigenvalue weighted by atomic mass is 10.2. The molecule has 0 atom stereocenters. The second kappa shape index (κ2) is 5.36. The highest BCUT2D eigenvalue weighted by molar-refractivity contribution is 7.18. The van der Waals surface area contributed by atoms with E-state index >= 15 is 0 Å². The van der Waals surface area contributed by atoms with Crippen LogP contribution in [0.15, 0.2) is 6.07 Å². The Labute approximate surface area is 122 Å². The quantitative estimate of drug-likeness (QED) is 0.809. The predicted octanol–water partition coefficient (Wildman–Crippen LogP) is 1.84. The summed E-state index contributed by atoms with van der Waals surface area (Å²) < 4.78 is 0. The average Bonchev–Trinajstić information content (AvgIpc) is 2.89. The molecule has 1 amide bonds. The summed E-state index contributed by atoms with van der Waals surface area (Å²) in [5.41, 5.74) is 0. The van der Waals surface area contributed by atoms with E-state index in [0.717, 1.165) is 60.9 Å². The van der Waals surface area contributed by atoms with E-state index in [9.17, 15) is 4.79 Å². The van der Waals surface area contributed by atoms with E-state index in [1.54, 1.807) is 11.3 Å². The summed E-state index contributed by atoms with van der Waals surface area (Å²) >= 11 is 1.75. The summed E-state index contributed by atoms with van der Waals surface area (Å²) in [4.78, 5) is 26.5. The second-order valence-electron chi connectivity index (χ2n) is 5.01. The minimum Gasteiger partial charge on any atom is -0.352 e. The van der Waals surface area contributed by atoms with Crippen molar-refractivity contribution < 1.29 is 4.79 Å². The Hall–Kier alpha value is -1.69. The zero-order chi connectivity index (χ0) is 14.1. The summed E-state index contributed by atoms with van der Waals surface area (Å²) in [6, 6.07) is 2.21. The molecule has 1 aliphatic rings. The Kier molecular flexibility index (Phi) is 3.56. The number of carbonyl (C=O) groups is 1. The van der Waals surface area contributed by atoms with Crippen LogP contribution in [0.3, 0.4) is 0 Å². The molecule has 3 rings (SSSR count). The van der Waals surface area contributed by atoms with Gasteiger partial charge in [0, 0.05) is 31.1 Å². The zero-order valence-electron chi connectivity index (χ0n) is 11.8. The highest BCUT2D eigenvalue weighted by atomic mass is 32.1. The van der Waals surface area contributed by atoms with E-state index in [2.05, 4.69) is 27.9 Å². The molecule has 2 aromatic heterocycles. The summed E-state index contributed by atoms with van der Waals surface area (Å²) in [7, 11) is 0. The molecule has 0 N–H and O–H groups in total.